The average molecular weight is 300 g/mol. The maximum atomic E-state index is 13.1. The van der Waals surface area contributed by atoms with Gasteiger partial charge in [0.05, 0.1) is 26.4 Å². The van der Waals surface area contributed by atoms with E-state index in [1.807, 2.05) is 6.07 Å². The summed E-state index contributed by atoms with van der Waals surface area (Å²) >= 11 is 0. The van der Waals surface area contributed by atoms with E-state index in [-0.39, 0.29) is 18.3 Å². The Morgan fingerprint density at radius 2 is 1.81 bits per heavy atom. The molecule has 0 saturated carbocycles. The predicted octanol–water partition coefficient (Wildman–Crippen LogP) is 2.05. The van der Waals surface area contributed by atoms with Crippen LogP contribution < -0.4 is 0 Å². The molecule has 0 amide bonds. The quantitative estimate of drug-likeness (QED) is 0.600. The summed E-state index contributed by atoms with van der Waals surface area (Å²) in [5.41, 5.74) is 0.900. The number of aliphatic hydroxyl groups excluding tert-OH is 1. The second-order valence-electron chi connectivity index (χ2n) is 4.89. The van der Waals surface area contributed by atoms with Crippen molar-refractivity contribution in [3.8, 4) is 0 Å². The highest BCUT2D eigenvalue weighted by atomic mass is 19.1. The van der Waals surface area contributed by atoms with Gasteiger partial charge >= 0.3 is 0 Å². The zero-order chi connectivity index (χ0) is 15.3. The highest BCUT2D eigenvalue weighted by Gasteiger charge is 2.09. The van der Waals surface area contributed by atoms with Gasteiger partial charge in [-0.25, -0.2) is 4.39 Å². The van der Waals surface area contributed by atoms with Crippen molar-refractivity contribution in [2.24, 2.45) is 5.92 Å². The number of rotatable bonds is 12. The van der Waals surface area contributed by atoms with Crippen molar-refractivity contribution in [3.63, 3.8) is 0 Å². The summed E-state index contributed by atoms with van der Waals surface area (Å²) in [6, 6.07) is 6.49. The summed E-state index contributed by atoms with van der Waals surface area (Å²) in [5.74, 6) is -0.158. The summed E-state index contributed by atoms with van der Waals surface area (Å²) in [5, 5.41) is 9.37. The molecule has 0 bridgehead atoms. The molecule has 1 unspecified atom stereocenters. The molecule has 120 valence electrons. The van der Waals surface area contributed by atoms with Crippen LogP contribution in [0.4, 0.5) is 4.39 Å². The second-order valence-corrected chi connectivity index (χ2v) is 4.89. The van der Waals surface area contributed by atoms with Crippen LogP contribution in [0.1, 0.15) is 12.0 Å². The Hall–Kier alpha value is -1.01. The van der Waals surface area contributed by atoms with Crippen LogP contribution in [0, 0.1) is 11.7 Å². The van der Waals surface area contributed by atoms with Gasteiger partial charge in [-0.15, -0.1) is 0 Å². The van der Waals surface area contributed by atoms with E-state index in [9.17, 15) is 9.50 Å². The number of benzene rings is 1. The molecule has 0 saturated heterocycles. The Bertz CT molecular complexity index is 373. The molecular weight excluding hydrogens is 275 g/mol. The Morgan fingerprint density at radius 3 is 2.48 bits per heavy atom. The predicted molar refractivity (Wildman–Crippen MR) is 78.8 cm³/mol. The van der Waals surface area contributed by atoms with Crippen molar-refractivity contribution in [3.05, 3.63) is 35.6 Å². The molecule has 1 N–H and O–H groups in total. The molecule has 5 heteroatoms. The Morgan fingerprint density at radius 1 is 1.10 bits per heavy atom. The first-order valence-corrected chi connectivity index (χ1v) is 7.26. The first kappa shape index (κ1) is 18.0. The summed E-state index contributed by atoms with van der Waals surface area (Å²) < 4.78 is 28.7. The number of aliphatic hydroxyl groups is 1. The summed E-state index contributed by atoms with van der Waals surface area (Å²) in [4.78, 5) is 0. The largest absolute Gasteiger partial charge is 0.396 e. The number of hydrogen-bond acceptors (Lipinski definition) is 4. The molecule has 21 heavy (non-hydrogen) atoms. The highest BCUT2D eigenvalue weighted by Crippen LogP contribution is 2.13. The first-order chi connectivity index (χ1) is 10.3. The SMILES string of the molecule is COCCOCCOCCC(CO)Cc1cccc(F)c1. The van der Waals surface area contributed by atoms with Crippen molar-refractivity contribution < 1.29 is 23.7 Å². The highest BCUT2D eigenvalue weighted by molar-refractivity contribution is 5.16. The number of hydrogen-bond donors (Lipinski definition) is 1. The third-order valence-electron chi connectivity index (χ3n) is 3.15. The van der Waals surface area contributed by atoms with Crippen LogP contribution in [0.15, 0.2) is 24.3 Å². The molecule has 0 fully saturated rings. The third kappa shape index (κ3) is 8.78. The van der Waals surface area contributed by atoms with Gasteiger partial charge < -0.3 is 19.3 Å². The number of ether oxygens (including phenoxy) is 3. The molecule has 0 aliphatic rings. The van der Waals surface area contributed by atoms with E-state index in [0.717, 1.165) is 12.0 Å². The molecule has 4 nitrogen and oxygen atoms in total. The van der Waals surface area contributed by atoms with E-state index in [2.05, 4.69) is 0 Å². The standard InChI is InChI=1S/C16H25FO4/c1-19-7-8-21-10-9-20-6-5-15(13-18)11-14-3-2-4-16(17)12-14/h2-4,12,15,18H,5-11,13H2,1H3. The van der Waals surface area contributed by atoms with E-state index in [0.29, 0.717) is 39.5 Å². The molecule has 0 aliphatic heterocycles. The van der Waals surface area contributed by atoms with Gasteiger partial charge in [0.2, 0.25) is 0 Å². The molecule has 0 aliphatic carbocycles. The lowest BCUT2D eigenvalue weighted by Gasteiger charge is -2.14. The normalized spacial score (nSPS) is 12.5. The maximum Gasteiger partial charge on any atom is 0.123 e. The topological polar surface area (TPSA) is 47.9 Å². The molecule has 1 aromatic carbocycles. The molecule has 0 spiro atoms. The fraction of sp³-hybridized carbons (Fsp3) is 0.625. The number of methoxy groups -OCH3 is 1. The zero-order valence-corrected chi connectivity index (χ0v) is 12.6. The summed E-state index contributed by atoms with van der Waals surface area (Å²) in [7, 11) is 1.63. The number of halogens is 1. The minimum atomic E-state index is -0.242. The van der Waals surface area contributed by atoms with Crippen LogP contribution in [0.2, 0.25) is 0 Å². The smallest absolute Gasteiger partial charge is 0.123 e. The van der Waals surface area contributed by atoms with Gasteiger partial charge in [-0.3, -0.25) is 0 Å². The molecule has 1 aromatic rings. The average Bonchev–Trinajstić information content (AvgIpc) is 2.48. The van der Waals surface area contributed by atoms with Gasteiger partial charge in [-0.1, -0.05) is 12.1 Å². The molecule has 0 aromatic heterocycles. The van der Waals surface area contributed by atoms with Crippen molar-refractivity contribution in [1.29, 1.82) is 0 Å². The lowest BCUT2D eigenvalue weighted by atomic mass is 9.97. The van der Waals surface area contributed by atoms with E-state index in [1.54, 1.807) is 13.2 Å². The van der Waals surface area contributed by atoms with Crippen molar-refractivity contribution in [2.45, 2.75) is 12.8 Å². The van der Waals surface area contributed by atoms with Crippen molar-refractivity contribution >= 4 is 0 Å². The Balaban J connectivity index is 2.11. The maximum absolute atomic E-state index is 13.1. The van der Waals surface area contributed by atoms with Gasteiger partial charge in [-0.05, 0) is 36.5 Å². The second kappa shape index (κ2) is 11.6. The Kier molecular flexibility index (Phi) is 9.99. The van der Waals surface area contributed by atoms with E-state index in [4.69, 9.17) is 14.2 Å². The molecular formula is C16H25FO4. The zero-order valence-electron chi connectivity index (χ0n) is 12.6. The van der Waals surface area contributed by atoms with Crippen LogP contribution in [-0.4, -0.2) is 51.9 Å². The Labute approximate surface area is 125 Å². The molecule has 0 heterocycles. The van der Waals surface area contributed by atoms with Gasteiger partial charge in [0.25, 0.3) is 0 Å². The van der Waals surface area contributed by atoms with Crippen LogP contribution in [-0.2, 0) is 20.6 Å². The summed E-state index contributed by atoms with van der Waals surface area (Å²) in [6.07, 6.45) is 1.40. The van der Waals surface area contributed by atoms with Gasteiger partial charge in [0.15, 0.2) is 0 Å². The molecule has 1 rings (SSSR count). The summed E-state index contributed by atoms with van der Waals surface area (Å²) in [6.45, 7) is 2.86. The third-order valence-corrected chi connectivity index (χ3v) is 3.15. The van der Waals surface area contributed by atoms with Gasteiger partial charge in [0, 0.05) is 20.3 Å². The van der Waals surface area contributed by atoms with E-state index < -0.39 is 0 Å². The van der Waals surface area contributed by atoms with Crippen LogP contribution in [0.3, 0.4) is 0 Å². The lowest BCUT2D eigenvalue weighted by Crippen LogP contribution is -2.14. The monoisotopic (exact) mass is 300 g/mol. The van der Waals surface area contributed by atoms with Crippen molar-refractivity contribution in [2.75, 3.05) is 46.8 Å². The van der Waals surface area contributed by atoms with Crippen LogP contribution in [0.5, 0.6) is 0 Å². The molecule has 0 radical (unpaired) electrons. The van der Waals surface area contributed by atoms with Gasteiger partial charge in [0.1, 0.15) is 5.82 Å². The molecule has 1 atom stereocenters. The van der Waals surface area contributed by atoms with E-state index in [1.165, 1.54) is 12.1 Å². The van der Waals surface area contributed by atoms with Crippen LogP contribution in [0.25, 0.3) is 0 Å². The minimum absolute atomic E-state index is 0.0736. The minimum Gasteiger partial charge on any atom is -0.396 e. The first-order valence-electron chi connectivity index (χ1n) is 7.26. The van der Waals surface area contributed by atoms with Gasteiger partial charge in [-0.2, -0.15) is 0 Å². The fourth-order valence-corrected chi connectivity index (χ4v) is 1.97. The lowest BCUT2D eigenvalue weighted by molar-refractivity contribution is 0.0201. The fourth-order valence-electron chi connectivity index (χ4n) is 1.97. The van der Waals surface area contributed by atoms with Crippen LogP contribution >= 0.6 is 0 Å². The van der Waals surface area contributed by atoms with E-state index >= 15 is 0 Å². The van der Waals surface area contributed by atoms with Crippen molar-refractivity contribution in [1.82, 2.24) is 0 Å².